The van der Waals surface area contributed by atoms with Crippen molar-refractivity contribution >= 4 is 48.6 Å². The largest absolute Gasteiger partial charge is 0.438 e. The van der Waals surface area contributed by atoms with E-state index < -0.39 is 61.6 Å². The van der Waals surface area contributed by atoms with Gasteiger partial charge in [0.2, 0.25) is 19.5 Å². The van der Waals surface area contributed by atoms with Gasteiger partial charge in [-0.2, -0.15) is 0 Å². The fraction of sp³-hybridized carbons (Fsp3) is 0.531. The van der Waals surface area contributed by atoms with Crippen molar-refractivity contribution in [3.63, 3.8) is 0 Å². The van der Waals surface area contributed by atoms with Crippen LogP contribution in [-0.2, 0) is 42.3 Å². The Kier molecular flexibility index (Phi) is 14.1. The standard InChI is InChI=1S/C32H44Cl2NO9P/c1-21-10-12-24(13-11-21)22(2)44-35(23(3)36)17-16-28(25-14-15-26(33)27(34)18-25)45(39,42-19-40-29(37)31(4,5)6)43-20-41-30(38)32(7,8)9/h10-15,18,22,28H,16-17,19-20H2,1-9H3. The highest BCUT2D eigenvalue weighted by Gasteiger charge is 2.40. The predicted molar refractivity (Wildman–Crippen MR) is 172 cm³/mol. The van der Waals surface area contributed by atoms with Crippen molar-refractivity contribution in [2.75, 3.05) is 20.1 Å². The van der Waals surface area contributed by atoms with Crippen molar-refractivity contribution in [2.45, 2.75) is 80.5 Å². The average molecular weight is 689 g/mol. The van der Waals surface area contributed by atoms with Crippen LogP contribution in [0.25, 0.3) is 0 Å². The third kappa shape index (κ3) is 12.0. The van der Waals surface area contributed by atoms with E-state index in [9.17, 15) is 18.9 Å². The van der Waals surface area contributed by atoms with Crippen molar-refractivity contribution in [1.29, 1.82) is 0 Å². The van der Waals surface area contributed by atoms with Gasteiger partial charge < -0.3 is 9.47 Å². The van der Waals surface area contributed by atoms with E-state index in [0.717, 1.165) is 11.1 Å². The zero-order valence-corrected chi connectivity index (χ0v) is 29.8. The number of amides is 1. The van der Waals surface area contributed by atoms with Gasteiger partial charge in [0, 0.05) is 13.5 Å². The number of esters is 2. The first-order valence-electron chi connectivity index (χ1n) is 14.4. The fourth-order valence-electron chi connectivity index (χ4n) is 3.80. The molecule has 0 aliphatic carbocycles. The molecule has 2 aromatic carbocycles. The van der Waals surface area contributed by atoms with Gasteiger partial charge in [-0.25, -0.2) is 5.06 Å². The van der Waals surface area contributed by atoms with Crippen LogP contribution in [0.2, 0.25) is 10.0 Å². The molecule has 250 valence electrons. The SMILES string of the molecule is CC(=O)N(CCC(c1ccc(Cl)c(Cl)c1)P(=O)(OCOC(=O)C(C)(C)C)OCOC(=O)C(C)(C)C)OC(C)c1ccc(C)cc1. The molecule has 1 amide bonds. The van der Waals surface area contributed by atoms with E-state index in [2.05, 4.69) is 0 Å². The molecule has 2 unspecified atom stereocenters. The zero-order chi connectivity index (χ0) is 34.2. The smallest absolute Gasteiger partial charge is 0.343 e. The maximum atomic E-state index is 14.6. The second kappa shape index (κ2) is 16.4. The first-order chi connectivity index (χ1) is 20.7. The zero-order valence-electron chi connectivity index (χ0n) is 27.3. The summed E-state index contributed by atoms with van der Waals surface area (Å²) in [7, 11) is -4.34. The minimum atomic E-state index is -4.34. The van der Waals surface area contributed by atoms with Crippen LogP contribution in [0.4, 0.5) is 0 Å². The number of carbonyl (C=O) groups excluding carboxylic acids is 3. The number of halogens is 2. The molecule has 0 N–H and O–H groups in total. The summed E-state index contributed by atoms with van der Waals surface area (Å²) in [6.07, 6.45) is -0.499. The van der Waals surface area contributed by atoms with Gasteiger partial charge in [0.25, 0.3) is 0 Å². The van der Waals surface area contributed by atoms with Gasteiger partial charge in [-0.3, -0.25) is 32.8 Å². The van der Waals surface area contributed by atoms with Crippen LogP contribution in [-0.4, -0.2) is 43.0 Å². The number of nitrogens with zero attached hydrogens (tertiary/aromatic N) is 1. The monoisotopic (exact) mass is 687 g/mol. The Bertz CT molecular complexity index is 1330. The second-order valence-corrected chi connectivity index (χ2v) is 15.7. The molecule has 0 aliphatic rings. The lowest BCUT2D eigenvalue weighted by Gasteiger charge is -2.30. The van der Waals surface area contributed by atoms with Crippen molar-refractivity contribution in [3.8, 4) is 0 Å². The van der Waals surface area contributed by atoms with Gasteiger partial charge in [0.1, 0.15) is 6.10 Å². The van der Waals surface area contributed by atoms with E-state index in [1.807, 2.05) is 31.2 Å². The number of rotatable bonds is 14. The highest BCUT2D eigenvalue weighted by molar-refractivity contribution is 7.54. The lowest BCUT2D eigenvalue weighted by Crippen LogP contribution is -2.32. The lowest BCUT2D eigenvalue weighted by molar-refractivity contribution is -0.203. The summed E-state index contributed by atoms with van der Waals surface area (Å²) in [6.45, 7) is 13.6. The Morgan fingerprint density at radius 3 is 1.76 bits per heavy atom. The molecule has 2 aromatic rings. The maximum Gasteiger partial charge on any atom is 0.343 e. The average Bonchev–Trinajstić information content (AvgIpc) is 2.93. The number of carbonyl (C=O) groups is 3. The summed E-state index contributed by atoms with van der Waals surface area (Å²) in [5.74, 6) is -1.59. The Hall–Kier alpha value is -2.46. The number of benzene rings is 2. The Labute approximate surface area is 276 Å². The minimum Gasteiger partial charge on any atom is -0.438 e. The van der Waals surface area contributed by atoms with Crippen LogP contribution >= 0.6 is 30.8 Å². The van der Waals surface area contributed by atoms with Gasteiger partial charge in [-0.15, -0.1) is 0 Å². The van der Waals surface area contributed by atoms with Crippen LogP contribution < -0.4 is 0 Å². The molecule has 0 aliphatic heterocycles. The van der Waals surface area contributed by atoms with Gasteiger partial charge in [-0.1, -0.05) is 59.1 Å². The Morgan fingerprint density at radius 2 is 1.31 bits per heavy atom. The quantitative estimate of drug-likeness (QED) is 0.0832. The molecule has 0 heterocycles. The van der Waals surface area contributed by atoms with Crippen molar-refractivity contribution in [2.24, 2.45) is 10.8 Å². The fourth-order valence-corrected chi connectivity index (χ4v) is 5.89. The second-order valence-electron chi connectivity index (χ2n) is 12.7. The van der Waals surface area contributed by atoms with E-state index in [1.54, 1.807) is 54.5 Å². The molecule has 45 heavy (non-hydrogen) atoms. The Morgan fingerprint density at radius 1 is 0.822 bits per heavy atom. The Balaban J connectivity index is 2.43. The predicted octanol–water partition coefficient (Wildman–Crippen LogP) is 8.59. The summed E-state index contributed by atoms with van der Waals surface area (Å²) in [5.41, 5.74) is -0.469. The first kappa shape index (κ1) is 38.7. The highest BCUT2D eigenvalue weighted by Crippen LogP contribution is 2.63. The third-order valence-corrected chi connectivity index (χ3v) is 9.56. The molecule has 13 heteroatoms. The van der Waals surface area contributed by atoms with Crippen LogP contribution in [0, 0.1) is 17.8 Å². The number of aryl methyl sites for hydroxylation is 1. The van der Waals surface area contributed by atoms with E-state index in [0.29, 0.717) is 5.56 Å². The molecule has 0 radical (unpaired) electrons. The van der Waals surface area contributed by atoms with Crippen LogP contribution in [0.1, 0.15) is 90.3 Å². The molecule has 2 rings (SSSR count). The molecule has 0 spiro atoms. The molecule has 2 atom stereocenters. The summed E-state index contributed by atoms with van der Waals surface area (Å²) in [6, 6.07) is 12.3. The molecule has 0 fully saturated rings. The van der Waals surface area contributed by atoms with Gasteiger partial charge in [0.05, 0.1) is 26.5 Å². The van der Waals surface area contributed by atoms with Crippen LogP contribution in [0.15, 0.2) is 42.5 Å². The molecule has 0 saturated heterocycles. The van der Waals surface area contributed by atoms with Gasteiger partial charge in [-0.05, 0) is 85.1 Å². The first-order valence-corrected chi connectivity index (χ1v) is 16.8. The topological polar surface area (TPSA) is 118 Å². The summed E-state index contributed by atoms with van der Waals surface area (Å²) in [5, 5.41) is 1.60. The van der Waals surface area contributed by atoms with E-state index in [-0.39, 0.29) is 23.0 Å². The molecule has 10 nitrogen and oxygen atoms in total. The van der Waals surface area contributed by atoms with Crippen LogP contribution in [0.3, 0.4) is 0 Å². The van der Waals surface area contributed by atoms with Crippen LogP contribution in [0.5, 0.6) is 0 Å². The normalized spacial score (nSPS) is 13.6. The molecular weight excluding hydrogens is 644 g/mol. The number of ether oxygens (including phenoxy) is 2. The molecule has 0 aromatic heterocycles. The van der Waals surface area contributed by atoms with Gasteiger partial charge in [0.15, 0.2) is 0 Å². The van der Waals surface area contributed by atoms with E-state index >= 15 is 0 Å². The van der Waals surface area contributed by atoms with Gasteiger partial charge >= 0.3 is 19.5 Å². The minimum absolute atomic E-state index is 0.0180. The lowest BCUT2D eigenvalue weighted by atomic mass is 9.98. The van der Waals surface area contributed by atoms with E-state index in [4.69, 9.17) is 46.6 Å². The molecular formula is C32H44Cl2NO9P. The molecule has 0 bridgehead atoms. The number of hydrogen-bond acceptors (Lipinski definition) is 9. The van der Waals surface area contributed by atoms with E-state index in [1.165, 1.54) is 24.1 Å². The van der Waals surface area contributed by atoms with Crippen molar-refractivity contribution in [1.82, 2.24) is 5.06 Å². The van der Waals surface area contributed by atoms with Crippen molar-refractivity contribution in [3.05, 3.63) is 69.2 Å². The number of hydroxylamine groups is 2. The third-order valence-electron chi connectivity index (χ3n) is 6.57. The molecule has 0 saturated carbocycles. The highest BCUT2D eigenvalue weighted by atomic mass is 35.5. The maximum absolute atomic E-state index is 14.6. The summed E-state index contributed by atoms with van der Waals surface area (Å²) >= 11 is 12.5. The summed E-state index contributed by atoms with van der Waals surface area (Å²) in [4.78, 5) is 43.5. The summed E-state index contributed by atoms with van der Waals surface area (Å²) < 4.78 is 36.4. The number of hydrogen-bond donors (Lipinski definition) is 0. The van der Waals surface area contributed by atoms with Crippen molar-refractivity contribution < 1.29 is 42.3 Å².